The normalized spacial score (nSPS) is 18.5. The molecule has 2 rings (SSSR count). The Bertz CT molecular complexity index is 487. The van der Waals surface area contributed by atoms with Gasteiger partial charge in [0.15, 0.2) is 15.7 Å². The van der Waals surface area contributed by atoms with Gasteiger partial charge in [-0.15, -0.1) is 0 Å². The van der Waals surface area contributed by atoms with E-state index in [0.29, 0.717) is 30.2 Å². The zero-order chi connectivity index (χ0) is 12.5. The summed E-state index contributed by atoms with van der Waals surface area (Å²) in [4.78, 5) is 4.13. The average Bonchev–Trinajstić information content (AvgIpc) is 2.58. The first-order valence-corrected chi connectivity index (χ1v) is 7.56. The number of aromatic nitrogens is 1. The minimum Gasteiger partial charge on any atom is -0.446 e. The van der Waals surface area contributed by atoms with Crippen LogP contribution in [0.3, 0.4) is 0 Å². The molecule has 17 heavy (non-hydrogen) atoms. The van der Waals surface area contributed by atoms with Crippen LogP contribution >= 0.6 is 0 Å². The highest BCUT2D eigenvalue weighted by Crippen LogP contribution is 2.20. The van der Waals surface area contributed by atoms with Crippen molar-refractivity contribution in [2.75, 3.05) is 13.1 Å². The molecule has 0 atom stereocenters. The maximum Gasteiger partial charge on any atom is 0.191 e. The lowest BCUT2D eigenvalue weighted by Crippen LogP contribution is -2.36. The fraction of sp³-hybridized carbons (Fsp3) is 0.727. The Kier molecular flexibility index (Phi) is 3.53. The van der Waals surface area contributed by atoms with Gasteiger partial charge in [-0.2, -0.15) is 0 Å². The first kappa shape index (κ1) is 12.6. The van der Waals surface area contributed by atoms with Crippen molar-refractivity contribution >= 4 is 9.84 Å². The van der Waals surface area contributed by atoms with Crippen LogP contribution in [0.4, 0.5) is 0 Å². The largest absolute Gasteiger partial charge is 0.446 e. The molecule has 1 saturated heterocycles. The van der Waals surface area contributed by atoms with Crippen molar-refractivity contribution in [3.8, 4) is 0 Å². The summed E-state index contributed by atoms with van der Waals surface area (Å²) in [5.74, 6) is 1.14. The van der Waals surface area contributed by atoms with E-state index in [2.05, 4.69) is 10.3 Å². The Morgan fingerprint density at radius 2 is 2.00 bits per heavy atom. The third-order valence-electron chi connectivity index (χ3n) is 3.13. The van der Waals surface area contributed by atoms with Crippen LogP contribution in [0.2, 0.25) is 0 Å². The fourth-order valence-corrected chi connectivity index (χ4v) is 4.01. The summed E-state index contributed by atoms with van der Waals surface area (Å²) in [6.45, 7) is 5.04. The maximum atomic E-state index is 12.2. The van der Waals surface area contributed by atoms with Crippen LogP contribution in [0.25, 0.3) is 0 Å². The molecule has 0 amide bonds. The summed E-state index contributed by atoms with van der Waals surface area (Å²) in [6.07, 6.45) is 1.39. The number of hydrogen-bond donors (Lipinski definition) is 1. The second-order valence-electron chi connectivity index (χ2n) is 4.49. The van der Waals surface area contributed by atoms with Crippen LogP contribution in [0, 0.1) is 13.8 Å². The highest BCUT2D eigenvalue weighted by molar-refractivity contribution is 7.91. The summed E-state index contributed by atoms with van der Waals surface area (Å²) >= 11 is 0. The molecule has 1 aromatic rings. The topological polar surface area (TPSA) is 72.2 Å². The Morgan fingerprint density at radius 3 is 2.53 bits per heavy atom. The predicted octanol–water partition coefficient (Wildman–Crippen LogP) is 0.958. The fourth-order valence-electron chi connectivity index (χ4n) is 2.17. The van der Waals surface area contributed by atoms with Crippen molar-refractivity contribution in [1.29, 1.82) is 0 Å². The molecule has 1 aliphatic rings. The van der Waals surface area contributed by atoms with E-state index in [9.17, 15) is 8.42 Å². The lowest BCUT2D eigenvalue weighted by Gasteiger charge is -2.22. The van der Waals surface area contributed by atoms with Crippen molar-refractivity contribution in [3.05, 3.63) is 17.3 Å². The highest BCUT2D eigenvalue weighted by atomic mass is 32.2. The van der Waals surface area contributed by atoms with Gasteiger partial charge in [0.1, 0.15) is 5.76 Å². The van der Waals surface area contributed by atoms with E-state index < -0.39 is 9.84 Å². The molecule has 0 spiro atoms. The Morgan fingerprint density at radius 1 is 1.35 bits per heavy atom. The molecule has 1 aromatic heterocycles. The average molecular weight is 258 g/mol. The third kappa shape index (κ3) is 2.87. The summed E-state index contributed by atoms with van der Waals surface area (Å²) < 4.78 is 29.7. The molecular formula is C11H18N2O3S. The first-order chi connectivity index (χ1) is 7.99. The molecule has 0 bridgehead atoms. The lowest BCUT2D eigenvalue weighted by atomic mass is 10.2. The van der Waals surface area contributed by atoms with Gasteiger partial charge >= 0.3 is 0 Å². The van der Waals surface area contributed by atoms with Crippen LogP contribution < -0.4 is 5.32 Å². The monoisotopic (exact) mass is 258 g/mol. The van der Waals surface area contributed by atoms with E-state index in [1.165, 1.54) is 0 Å². The molecule has 1 aliphatic heterocycles. The number of oxazole rings is 1. The second kappa shape index (κ2) is 4.78. The number of aryl methyl sites for hydroxylation is 2. The van der Waals surface area contributed by atoms with Gasteiger partial charge in [-0.3, -0.25) is 0 Å². The third-order valence-corrected chi connectivity index (χ3v) is 5.29. The van der Waals surface area contributed by atoms with Gasteiger partial charge in [0, 0.05) is 6.92 Å². The molecule has 0 aliphatic carbocycles. The molecule has 2 heterocycles. The number of sulfone groups is 1. The predicted molar refractivity (Wildman–Crippen MR) is 64.5 cm³/mol. The SMILES string of the molecule is Cc1nc(CS(=O)(=O)C2CCNCC2)c(C)o1. The van der Waals surface area contributed by atoms with Crippen molar-refractivity contribution in [2.24, 2.45) is 0 Å². The molecule has 6 heteroatoms. The first-order valence-electron chi connectivity index (χ1n) is 5.84. The van der Waals surface area contributed by atoms with Gasteiger partial charge in [-0.25, -0.2) is 13.4 Å². The van der Waals surface area contributed by atoms with Crippen LogP contribution in [-0.2, 0) is 15.6 Å². The second-order valence-corrected chi connectivity index (χ2v) is 6.77. The van der Waals surface area contributed by atoms with Crippen LogP contribution in [0.1, 0.15) is 30.2 Å². The van der Waals surface area contributed by atoms with Crippen molar-refractivity contribution in [3.63, 3.8) is 0 Å². The highest BCUT2D eigenvalue weighted by Gasteiger charge is 2.28. The minimum absolute atomic E-state index is 0.000833. The van der Waals surface area contributed by atoms with Gasteiger partial charge in [-0.05, 0) is 32.9 Å². The molecule has 1 N–H and O–H groups in total. The summed E-state index contributed by atoms with van der Waals surface area (Å²) in [6, 6.07) is 0. The van der Waals surface area contributed by atoms with E-state index in [1.54, 1.807) is 13.8 Å². The molecule has 0 saturated carbocycles. The number of piperidine rings is 1. The molecular weight excluding hydrogens is 240 g/mol. The number of nitrogens with zero attached hydrogens (tertiary/aromatic N) is 1. The molecule has 0 aromatic carbocycles. The van der Waals surface area contributed by atoms with Crippen LogP contribution in [0.5, 0.6) is 0 Å². The Hall–Kier alpha value is -0.880. The van der Waals surface area contributed by atoms with Gasteiger partial charge in [-0.1, -0.05) is 0 Å². The molecule has 5 nitrogen and oxygen atoms in total. The zero-order valence-corrected chi connectivity index (χ0v) is 11.0. The van der Waals surface area contributed by atoms with E-state index in [1.807, 2.05) is 0 Å². The molecule has 96 valence electrons. The van der Waals surface area contributed by atoms with Crippen molar-refractivity contribution in [1.82, 2.24) is 10.3 Å². The van der Waals surface area contributed by atoms with E-state index in [-0.39, 0.29) is 11.0 Å². The number of rotatable bonds is 3. The maximum absolute atomic E-state index is 12.2. The van der Waals surface area contributed by atoms with Crippen LogP contribution in [-0.4, -0.2) is 31.7 Å². The molecule has 0 unspecified atom stereocenters. The van der Waals surface area contributed by atoms with E-state index >= 15 is 0 Å². The van der Waals surface area contributed by atoms with E-state index in [0.717, 1.165) is 13.1 Å². The molecule has 0 radical (unpaired) electrons. The molecule has 1 fully saturated rings. The minimum atomic E-state index is -3.11. The lowest BCUT2D eigenvalue weighted by molar-refractivity contribution is 0.490. The summed E-state index contributed by atoms with van der Waals surface area (Å²) in [5, 5.41) is 2.93. The van der Waals surface area contributed by atoms with Crippen molar-refractivity contribution < 1.29 is 12.8 Å². The quantitative estimate of drug-likeness (QED) is 0.874. The van der Waals surface area contributed by atoms with Gasteiger partial charge in [0.25, 0.3) is 0 Å². The number of nitrogens with one attached hydrogen (secondary N) is 1. The summed E-state index contributed by atoms with van der Waals surface area (Å²) in [5.41, 5.74) is 0.557. The Labute approximate surface area is 102 Å². The van der Waals surface area contributed by atoms with Gasteiger partial charge < -0.3 is 9.73 Å². The number of hydrogen-bond acceptors (Lipinski definition) is 5. The summed E-state index contributed by atoms with van der Waals surface area (Å²) in [7, 11) is -3.11. The van der Waals surface area contributed by atoms with E-state index in [4.69, 9.17) is 4.42 Å². The standard InChI is InChI=1S/C11H18N2O3S/c1-8-11(13-9(2)16-8)7-17(14,15)10-3-5-12-6-4-10/h10,12H,3-7H2,1-2H3. The zero-order valence-electron chi connectivity index (χ0n) is 10.2. The van der Waals surface area contributed by atoms with Gasteiger partial charge in [0.05, 0.1) is 16.7 Å². The smallest absolute Gasteiger partial charge is 0.191 e. The van der Waals surface area contributed by atoms with Gasteiger partial charge in [0.2, 0.25) is 0 Å². The van der Waals surface area contributed by atoms with Crippen LogP contribution in [0.15, 0.2) is 4.42 Å². The Balaban J connectivity index is 2.13. The van der Waals surface area contributed by atoms with Crippen molar-refractivity contribution in [2.45, 2.75) is 37.7 Å².